The van der Waals surface area contributed by atoms with E-state index >= 15 is 0 Å². The number of oxime groups is 1. The van der Waals surface area contributed by atoms with E-state index in [0.29, 0.717) is 23.7 Å². The van der Waals surface area contributed by atoms with Gasteiger partial charge in [-0.2, -0.15) is 0 Å². The van der Waals surface area contributed by atoms with E-state index in [-0.39, 0.29) is 5.91 Å². The Morgan fingerprint density at radius 3 is 3.04 bits per heavy atom. The lowest BCUT2D eigenvalue weighted by atomic mass is 10.0. The number of halogens is 1. The first-order chi connectivity index (χ1) is 12.7. The summed E-state index contributed by atoms with van der Waals surface area (Å²) in [6.07, 6.45) is 4.16. The zero-order chi connectivity index (χ0) is 17.9. The number of aryl methyl sites for hydroxylation is 1. The van der Waals surface area contributed by atoms with Crippen LogP contribution in [0.25, 0.3) is 0 Å². The van der Waals surface area contributed by atoms with Gasteiger partial charge in [0.1, 0.15) is 5.82 Å². The first-order valence-corrected chi connectivity index (χ1v) is 9.26. The number of nitrogens with one attached hydrogen (secondary N) is 1. The molecule has 4 rings (SSSR count). The summed E-state index contributed by atoms with van der Waals surface area (Å²) < 4.78 is 2.12. The zero-order valence-corrected chi connectivity index (χ0v) is 15.1. The molecule has 0 saturated heterocycles. The molecule has 2 aliphatic rings. The van der Waals surface area contributed by atoms with Crippen molar-refractivity contribution in [2.24, 2.45) is 5.16 Å². The summed E-state index contributed by atoms with van der Waals surface area (Å²) in [6.45, 7) is 1.25. The third-order valence-electron chi connectivity index (χ3n) is 4.75. The predicted molar refractivity (Wildman–Crippen MR) is 96.9 cm³/mol. The van der Waals surface area contributed by atoms with Gasteiger partial charge in [-0.15, -0.1) is 10.2 Å². The van der Waals surface area contributed by atoms with E-state index in [1.165, 1.54) is 6.42 Å². The van der Waals surface area contributed by atoms with Crippen LogP contribution in [-0.2, 0) is 29.1 Å². The van der Waals surface area contributed by atoms with E-state index < -0.39 is 6.10 Å². The molecule has 1 unspecified atom stereocenters. The van der Waals surface area contributed by atoms with Crippen LogP contribution in [0.2, 0.25) is 5.02 Å². The van der Waals surface area contributed by atoms with Gasteiger partial charge in [-0.1, -0.05) is 41.4 Å². The summed E-state index contributed by atoms with van der Waals surface area (Å²) in [6, 6.07) is 7.40. The van der Waals surface area contributed by atoms with E-state index in [1.54, 1.807) is 6.07 Å². The molecule has 7 nitrogen and oxygen atoms in total. The number of carbonyl (C=O) groups excluding carboxylic acids is 1. The van der Waals surface area contributed by atoms with E-state index in [1.807, 2.05) is 18.2 Å². The van der Waals surface area contributed by atoms with Gasteiger partial charge in [0.15, 0.2) is 5.82 Å². The fourth-order valence-corrected chi connectivity index (χ4v) is 3.57. The summed E-state index contributed by atoms with van der Waals surface area (Å²) >= 11 is 6.19. The molecule has 2 aromatic rings. The van der Waals surface area contributed by atoms with Crippen molar-refractivity contribution >= 4 is 23.2 Å². The minimum atomic E-state index is -0.646. The van der Waals surface area contributed by atoms with Crippen molar-refractivity contribution in [1.82, 2.24) is 20.1 Å². The smallest absolute Gasteiger partial charge is 0.264 e. The van der Waals surface area contributed by atoms with Crippen molar-refractivity contribution in [1.29, 1.82) is 0 Å². The minimum absolute atomic E-state index is 0.207. The highest BCUT2D eigenvalue weighted by Gasteiger charge is 2.30. The monoisotopic (exact) mass is 373 g/mol. The maximum absolute atomic E-state index is 12.4. The van der Waals surface area contributed by atoms with Gasteiger partial charge in [0, 0.05) is 30.0 Å². The average molecular weight is 374 g/mol. The second kappa shape index (κ2) is 7.45. The summed E-state index contributed by atoms with van der Waals surface area (Å²) in [5.74, 6) is 1.59. The largest absolute Gasteiger partial charge is 0.382 e. The molecule has 0 spiro atoms. The topological polar surface area (TPSA) is 81.4 Å². The van der Waals surface area contributed by atoms with Crippen molar-refractivity contribution in [3.05, 3.63) is 46.5 Å². The van der Waals surface area contributed by atoms with Crippen LogP contribution in [0.15, 0.2) is 29.4 Å². The highest BCUT2D eigenvalue weighted by Crippen LogP contribution is 2.23. The van der Waals surface area contributed by atoms with Gasteiger partial charge in [0.25, 0.3) is 5.91 Å². The maximum atomic E-state index is 12.4. The number of hydrogen-bond donors (Lipinski definition) is 1. The van der Waals surface area contributed by atoms with Crippen molar-refractivity contribution in [2.45, 2.75) is 51.3 Å². The lowest BCUT2D eigenvalue weighted by Crippen LogP contribution is -2.35. The molecule has 1 amide bonds. The highest BCUT2D eigenvalue weighted by atomic mass is 35.5. The Bertz CT molecular complexity index is 848. The molecule has 136 valence electrons. The maximum Gasteiger partial charge on any atom is 0.264 e. The molecule has 1 aromatic carbocycles. The van der Waals surface area contributed by atoms with Crippen molar-refractivity contribution in [3.8, 4) is 0 Å². The molecule has 1 aromatic heterocycles. The fraction of sp³-hybridized carbons (Fsp3) is 0.444. The van der Waals surface area contributed by atoms with Crippen molar-refractivity contribution < 1.29 is 9.63 Å². The quantitative estimate of drug-likeness (QED) is 0.892. The van der Waals surface area contributed by atoms with Gasteiger partial charge in [0.05, 0.1) is 12.3 Å². The molecule has 1 atom stereocenters. The molecular weight excluding hydrogens is 354 g/mol. The van der Waals surface area contributed by atoms with Gasteiger partial charge in [-0.05, 0) is 18.9 Å². The third-order valence-corrected chi connectivity index (χ3v) is 5.08. The van der Waals surface area contributed by atoms with Crippen LogP contribution in [0.1, 0.15) is 42.9 Å². The van der Waals surface area contributed by atoms with Crippen LogP contribution < -0.4 is 5.32 Å². The number of aromatic nitrogens is 3. The second-order valence-electron chi connectivity index (χ2n) is 6.53. The van der Waals surface area contributed by atoms with Crippen LogP contribution >= 0.6 is 11.6 Å². The molecule has 0 aliphatic carbocycles. The average Bonchev–Trinajstić information content (AvgIpc) is 3.22. The Balaban J connectivity index is 1.36. The highest BCUT2D eigenvalue weighted by molar-refractivity contribution is 6.34. The second-order valence-corrected chi connectivity index (χ2v) is 6.94. The Kier molecular flexibility index (Phi) is 4.88. The normalized spacial score (nSPS) is 19.3. The van der Waals surface area contributed by atoms with Crippen molar-refractivity contribution in [3.63, 3.8) is 0 Å². The molecule has 0 bridgehead atoms. The van der Waals surface area contributed by atoms with Crippen molar-refractivity contribution in [2.75, 3.05) is 0 Å². The van der Waals surface area contributed by atoms with Gasteiger partial charge < -0.3 is 14.7 Å². The molecule has 3 heterocycles. The van der Waals surface area contributed by atoms with Crippen LogP contribution in [-0.4, -0.2) is 32.5 Å². The minimum Gasteiger partial charge on any atom is -0.382 e. The summed E-state index contributed by atoms with van der Waals surface area (Å²) in [7, 11) is 0. The van der Waals surface area contributed by atoms with Gasteiger partial charge in [-0.3, -0.25) is 4.79 Å². The first kappa shape index (κ1) is 17.0. The van der Waals surface area contributed by atoms with E-state index in [2.05, 4.69) is 25.2 Å². The Morgan fingerprint density at radius 2 is 2.15 bits per heavy atom. The molecule has 1 N–H and O–H groups in total. The summed E-state index contributed by atoms with van der Waals surface area (Å²) in [5, 5.41) is 16.0. The standard InChI is InChI=1S/C18H20ClN5O2/c19-13-7-4-3-6-12(13)14-10-15(26-23-14)18(25)20-11-17-22-21-16-8-2-1-5-9-24(16)17/h3-4,6-7,15H,1-2,5,8-11H2,(H,20,25). The molecule has 2 aliphatic heterocycles. The number of fused-ring (bicyclic) bond motifs is 1. The number of benzene rings is 1. The summed E-state index contributed by atoms with van der Waals surface area (Å²) in [4.78, 5) is 17.8. The first-order valence-electron chi connectivity index (χ1n) is 8.88. The SMILES string of the molecule is O=C(NCc1nnc2n1CCCCC2)C1CC(c2ccccc2Cl)=NO1. The summed E-state index contributed by atoms with van der Waals surface area (Å²) in [5.41, 5.74) is 1.49. The van der Waals surface area contributed by atoms with Crippen LogP contribution in [0.5, 0.6) is 0 Å². The van der Waals surface area contributed by atoms with Crippen LogP contribution in [0.3, 0.4) is 0 Å². The van der Waals surface area contributed by atoms with E-state index in [4.69, 9.17) is 16.4 Å². The molecular formula is C18H20ClN5O2. The molecule has 0 fully saturated rings. The van der Waals surface area contributed by atoms with Crippen LogP contribution in [0, 0.1) is 0 Å². The van der Waals surface area contributed by atoms with Gasteiger partial charge in [-0.25, -0.2) is 0 Å². The van der Waals surface area contributed by atoms with E-state index in [0.717, 1.165) is 43.0 Å². The van der Waals surface area contributed by atoms with Gasteiger partial charge in [0.2, 0.25) is 6.10 Å². The Morgan fingerprint density at radius 1 is 1.27 bits per heavy atom. The van der Waals surface area contributed by atoms with Gasteiger partial charge >= 0.3 is 0 Å². The Hall–Kier alpha value is -2.41. The molecule has 26 heavy (non-hydrogen) atoms. The number of rotatable bonds is 4. The number of nitrogens with zero attached hydrogens (tertiary/aromatic N) is 4. The number of carbonyl (C=O) groups is 1. The van der Waals surface area contributed by atoms with Crippen LogP contribution in [0.4, 0.5) is 0 Å². The zero-order valence-electron chi connectivity index (χ0n) is 14.3. The van der Waals surface area contributed by atoms with E-state index in [9.17, 15) is 4.79 Å². The molecule has 8 heteroatoms. The number of amides is 1. The molecule has 0 radical (unpaired) electrons. The molecule has 0 saturated carbocycles. The lowest BCUT2D eigenvalue weighted by Gasteiger charge is -2.11. The Labute approximate surface area is 156 Å². The number of hydrogen-bond acceptors (Lipinski definition) is 5. The lowest BCUT2D eigenvalue weighted by molar-refractivity contribution is -0.131. The predicted octanol–water partition coefficient (Wildman–Crippen LogP) is 2.47. The third kappa shape index (κ3) is 3.44. The fourth-order valence-electron chi connectivity index (χ4n) is 3.33.